The molecule has 0 saturated carbocycles. The Morgan fingerprint density at radius 3 is 2.50 bits per heavy atom. The minimum atomic E-state index is -0.461. The number of nitriles is 1. The summed E-state index contributed by atoms with van der Waals surface area (Å²) in [4.78, 5) is 9.65. The van der Waals surface area contributed by atoms with Crippen molar-refractivity contribution in [2.45, 2.75) is 0 Å². The molecule has 0 bridgehead atoms. The van der Waals surface area contributed by atoms with Crippen molar-refractivity contribution in [3.05, 3.63) is 0 Å². The van der Waals surface area contributed by atoms with Crippen LogP contribution in [0, 0.1) is 10.7 Å². The van der Waals surface area contributed by atoms with Crippen LogP contribution < -0.4 is 0 Å². The zero-order valence-electron chi connectivity index (χ0n) is 2.71. The summed E-state index contributed by atoms with van der Waals surface area (Å²) in [7, 11) is 0. The van der Waals surface area contributed by atoms with Crippen molar-refractivity contribution in [2.75, 3.05) is 0 Å². The summed E-state index contributed by atoms with van der Waals surface area (Å²) < 4.78 is -0.461. The number of nitrogens with zero attached hydrogens (tertiary/aromatic N) is 1. The molecule has 6 heavy (non-hydrogen) atoms. The van der Waals surface area contributed by atoms with E-state index in [1.54, 1.807) is 5.40 Å². The number of thioether (sulfide) groups is 1. The Labute approximate surface area is 44.9 Å². The molecule has 0 aromatic rings. The minimum Gasteiger partial charge on any atom is -0.274 e. The van der Waals surface area contributed by atoms with E-state index in [1.807, 2.05) is 0 Å². The smallest absolute Gasteiger partial charge is 0.257 e. The maximum atomic E-state index is 9.65. The Kier molecular flexibility index (Phi) is 2.99. The molecule has 0 heterocycles. The first-order valence-corrected chi connectivity index (χ1v) is 2.32. The quantitative estimate of drug-likeness (QED) is 0.385. The fourth-order valence-electron chi connectivity index (χ4n) is 0.0390. The first kappa shape index (κ1) is 5.86. The van der Waals surface area contributed by atoms with Crippen LogP contribution in [-0.4, -0.2) is 4.45 Å². The normalized spacial score (nSPS) is 6.67. The van der Waals surface area contributed by atoms with Gasteiger partial charge in [-0.25, -0.2) is 0 Å². The van der Waals surface area contributed by atoms with Crippen LogP contribution in [0.2, 0.25) is 0 Å². The van der Waals surface area contributed by atoms with Gasteiger partial charge >= 0.3 is 0 Å². The predicted octanol–water partition coefficient (Wildman–Crippen LogP) is 1.25. The minimum absolute atomic E-state index is 0.461. The van der Waals surface area contributed by atoms with Gasteiger partial charge in [-0.2, -0.15) is 5.26 Å². The molecule has 0 saturated heterocycles. The molecule has 4 heteroatoms. The van der Waals surface area contributed by atoms with Crippen LogP contribution in [0.1, 0.15) is 0 Å². The van der Waals surface area contributed by atoms with Gasteiger partial charge in [0, 0.05) is 11.8 Å². The topological polar surface area (TPSA) is 40.9 Å². The number of rotatable bonds is 0. The van der Waals surface area contributed by atoms with Crippen molar-refractivity contribution < 1.29 is 4.79 Å². The second-order valence-corrected chi connectivity index (χ2v) is 1.93. The van der Waals surface area contributed by atoms with E-state index >= 15 is 0 Å². The van der Waals surface area contributed by atoms with Gasteiger partial charge in [0.25, 0.3) is 4.45 Å². The average Bonchev–Trinajstić information content (AvgIpc) is 1.35. The molecule has 0 aliphatic heterocycles. The van der Waals surface area contributed by atoms with Crippen LogP contribution in [0.4, 0.5) is 4.79 Å². The van der Waals surface area contributed by atoms with E-state index in [0.29, 0.717) is 11.8 Å². The average molecular weight is 119 g/mol. The molecule has 0 aliphatic rings. The fourth-order valence-corrected chi connectivity index (χ4v) is 0.240. The van der Waals surface area contributed by atoms with E-state index in [-0.39, 0.29) is 0 Å². The lowest BCUT2D eigenvalue weighted by atomic mass is 11.8. The molecule has 32 valence electrons. The van der Waals surface area contributed by atoms with Crippen molar-refractivity contribution in [1.82, 2.24) is 0 Å². The largest absolute Gasteiger partial charge is 0.274 e. The van der Waals surface area contributed by atoms with E-state index < -0.39 is 4.45 Å². The summed E-state index contributed by atoms with van der Waals surface area (Å²) in [6.07, 6.45) is 0. The second-order valence-electron chi connectivity index (χ2n) is 0.459. The Bertz CT molecular complexity index is 94.2. The third-order valence-electron chi connectivity index (χ3n) is 0.133. The van der Waals surface area contributed by atoms with Gasteiger partial charge in [-0.3, -0.25) is 4.79 Å². The monoisotopic (exact) mass is 119 g/mol. The lowest BCUT2D eigenvalue weighted by Crippen LogP contribution is -1.61. The number of carbonyl (C=O) groups excluding carboxylic acids is 1. The van der Waals surface area contributed by atoms with Crippen LogP contribution in [0.25, 0.3) is 0 Å². The van der Waals surface area contributed by atoms with Crippen molar-refractivity contribution in [3.63, 3.8) is 0 Å². The number of hydrogen-bond acceptors (Lipinski definition) is 3. The Morgan fingerprint density at radius 1 is 2.00 bits per heavy atom. The third-order valence-corrected chi connectivity index (χ3v) is 0.673. The summed E-state index contributed by atoms with van der Waals surface area (Å²) in [5, 5.41) is 9.24. The molecule has 0 amide bonds. The SMILES string of the molecule is N#CSC(=O)S. The Morgan fingerprint density at radius 2 is 2.50 bits per heavy atom. The van der Waals surface area contributed by atoms with Crippen LogP contribution in [0.15, 0.2) is 0 Å². The molecule has 0 aromatic carbocycles. The van der Waals surface area contributed by atoms with E-state index in [4.69, 9.17) is 5.26 Å². The standard InChI is InChI=1S/C2HNOS2/c3-1-6-2(4)5/h(H,4,5). The van der Waals surface area contributed by atoms with Crippen LogP contribution in [0.3, 0.4) is 0 Å². The summed E-state index contributed by atoms with van der Waals surface area (Å²) in [6.45, 7) is 0. The van der Waals surface area contributed by atoms with E-state index in [1.165, 1.54) is 0 Å². The molecule has 0 aliphatic carbocycles. The Hall–Kier alpha value is -0.140. The number of thiol groups is 1. The van der Waals surface area contributed by atoms with Gasteiger partial charge in [-0.15, -0.1) is 0 Å². The van der Waals surface area contributed by atoms with Crippen LogP contribution in [0.5, 0.6) is 0 Å². The molecule has 0 atom stereocenters. The van der Waals surface area contributed by atoms with Crippen molar-refractivity contribution >= 4 is 28.8 Å². The second kappa shape index (κ2) is 3.07. The molecule has 0 spiro atoms. The summed E-state index contributed by atoms with van der Waals surface area (Å²) >= 11 is 3.80. The maximum Gasteiger partial charge on any atom is 0.257 e. The van der Waals surface area contributed by atoms with Crippen molar-refractivity contribution in [1.29, 1.82) is 5.26 Å². The van der Waals surface area contributed by atoms with Gasteiger partial charge in [-0.1, -0.05) is 12.6 Å². The molecule has 0 aromatic heterocycles. The zero-order chi connectivity index (χ0) is 4.99. The van der Waals surface area contributed by atoms with Crippen LogP contribution >= 0.6 is 24.4 Å². The van der Waals surface area contributed by atoms with Gasteiger partial charge in [-0.05, 0) is 0 Å². The molecule has 2 nitrogen and oxygen atoms in total. The third kappa shape index (κ3) is 3.86. The van der Waals surface area contributed by atoms with Gasteiger partial charge in [0.15, 0.2) is 0 Å². The maximum absolute atomic E-state index is 9.65. The lowest BCUT2D eigenvalue weighted by molar-refractivity contribution is 0.277. The highest BCUT2D eigenvalue weighted by Crippen LogP contribution is 2.01. The number of carbonyl (C=O) groups is 1. The molecule has 0 unspecified atom stereocenters. The van der Waals surface area contributed by atoms with E-state index in [0.717, 1.165) is 0 Å². The molecule has 0 radical (unpaired) electrons. The molecule has 0 N–H and O–H groups in total. The van der Waals surface area contributed by atoms with Gasteiger partial charge in [0.1, 0.15) is 5.40 Å². The highest BCUT2D eigenvalue weighted by atomic mass is 32.2. The summed E-state index contributed by atoms with van der Waals surface area (Å²) in [5.41, 5.74) is 0. The lowest BCUT2D eigenvalue weighted by Gasteiger charge is -1.67. The van der Waals surface area contributed by atoms with Gasteiger partial charge < -0.3 is 0 Å². The molecular weight excluding hydrogens is 118 g/mol. The highest BCUT2D eigenvalue weighted by molar-refractivity contribution is 8.34. The summed E-state index contributed by atoms with van der Waals surface area (Å²) in [6, 6.07) is 0. The molecular formula is C2HNOS2. The number of hydrogen-bond donors (Lipinski definition) is 1. The van der Waals surface area contributed by atoms with Crippen molar-refractivity contribution in [3.8, 4) is 5.40 Å². The first-order chi connectivity index (χ1) is 2.77. The molecule has 0 fully saturated rings. The molecule has 0 rings (SSSR count). The number of thiocyanates is 1. The van der Waals surface area contributed by atoms with E-state index in [9.17, 15) is 4.79 Å². The van der Waals surface area contributed by atoms with Crippen molar-refractivity contribution in [2.24, 2.45) is 0 Å². The van der Waals surface area contributed by atoms with Crippen LogP contribution in [-0.2, 0) is 0 Å². The first-order valence-electron chi connectivity index (χ1n) is 1.06. The zero-order valence-corrected chi connectivity index (χ0v) is 4.42. The van der Waals surface area contributed by atoms with Gasteiger partial charge in [0.2, 0.25) is 0 Å². The Balaban J connectivity index is 3.13. The van der Waals surface area contributed by atoms with Gasteiger partial charge in [0.05, 0.1) is 0 Å². The fraction of sp³-hybridized carbons (Fsp3) is 0. The predicted molar refractivity (Wildman–Crippen MR) is 27.6 cm³/mol. The van der Waals surface area contributed by atoms with E-state index in [2.05, 4.69) is 12.6 Å². The highest BCUT2D eigenvalue weighted by Gasteiger charge is 1.86. The summed E-state index contributed by atoms with van der Waals surface area (Å²) in [5.74, 6) is 0.